The summed E-state index contributed by atoms with van der Waals surface area (Å²) in [7, 11) is 1.85. The number of benzene rings is 2. The average Bonchev–Trinajstić information content (AvgIpc) is 3.13. The Labute approximate surface area is 123 Å². The molecule has 21 heavy (non-hydrogen) atoms. The number of nitrogens with one attached hydrogen (secondary N) is 1. The van der Waals surface area contributed by atoms with E-state index >= 15 is 0 Å². The van der Waals surface area contributed by atoms with E-state index in [1.54, 1.807) is 4.90 Å². The van der Waals surface area contributed by atoms with E-state index in [4.69, 9.17) is 0 Å². The van der Waals surface area contributed by atoms with Crippen LogP contribution in [-0.2, 0) is 5.41 Å². The number of fused-ring (bicyclic) bond motifs is 2. The zero-order chi connectivity index (χ0) is 14.6. The lowest BCUT2D eigenvalue weighted by Gasteiger charge is -2.30. The molecule has 2 aliphatic rings. The molecule has 0 radical (unpaired) electrons. The van der Waals surface area contributed by atoms with Crippen LogP contribution in [-0.4, -0.2) is 35.9 Å². The average molecular weight is 282 g/mol. The van der Waals surface area contributed by atoms with Gasteiger partial charge in [0.15, 0.2) is 0 Å². The third kappa shape index (κ3) is 1.62. The number of nitrogens with zero attached hydrogens (tertiary/aromatic N) is 1. The molecule has 2 N–H and O–H groups in total. The van der Waals surface area contributed by atoms with Crippen LogP contribution in [0.4, 0.5) is 4.79 Å². The van der Waals surface area contributed by atoms with Crippen LogP contribution in [0.3, 0.4) is 0 Å². The molecular weight excluding hydrogens is 264 g/mol. The van der Waals surface area contributed by atoms with Gasteiger partial charge in [-0.15, -0.1) is 0 Å². The number of piperidine rings is 1. The van der Waals surface area contributed by atoms with E-state index in [1.807, 2.05) is 19.2 Å². The topological polar surface area (TPSA) is 52.6 Å². The standard InChI is InChI=1S/C17H18N2O2/c1-18-15-17(9-14(17)10-19(15)16(20)21)13-7-6-11-4-2-3-5-12(11)8-13/h2-8,14-15,18H,9-10H2,1H3,(H,20,21). The monoisotopic (exact) mass is 282 g/mol. The summed E-state index contributed by atoms with van der Waals surface area (Å²) in [6.45, 7) is 0.633. The maximum absolute atomic E-state index is 11.4. The molecule has 1 saturated carbocycles. The molecule has 0 bridgehead atoms. The fourth-order valence-corrected chi connectivity index (χ4v) is 4.12. The molecular formula is C17H18N2O2. The third-order valence-corrected chi connectivity index (χ3v) is 5.18. The van der Waals surface area contributed by atoms with Gasteiger partial charge in [0.05, 0.1) is 6.17 Å². The molecule has 1 heterocycles. The summed E-state index contributed by atoms with van der Waals surface area (Å²) in [5, 5.41) is 15.0. The van der Waals surface area contributed by atoms with Crippen molar-refractivity contribution in [3.63, 3.8) is 0 Å². The molecule has 2 aromatic rings. The zero-order valence-corrected chi connectivity index (χ0v) is 11.9. The fraction of sp³-hybridized carbons (Fsp3) is 0.353. The number of hydrogen-bond donors (Lipinski definition) is 2. The van der Waals surface area contributed by atoms with E-state index in [0.717, 1.165) is 6.42 Å². The van der Waals surface area contributed by atoms with Crippen LogP contribution in [0.25, 0.3) is 10.8 Å². The second-order valence-electron chi connectivity index (χ2n) is 6.13. The molecule has 2 fully saturated rings. The first-order chi connectivity index (χ1) is 10.2. The fourth-order valence-electron chi connectivity index (χ4n) is 4.12. The van der Waals surface area contributed by atoms with Crippen LogP contribution in [0.15, 0.2) is 42.5 Å². The molecule has 2 aromatic carbocycles. The summed E-state index contributed by atoms with van der Waals surface area (Å²) in [6.07, 6.45) is 0.114. The number of carbonyl (C=O) groups is 1. The lowest BCUT2D eigenvalue weighted by molar-refractivity contribution is 0.121. The van der Waals surface area contributed by atoms with E-state index in [0.29, 0.717) is 12.5 Å². The van der Waals surface area contributed by atoms with Crippen molar-refractivity contribution in [3.8, 4) is 0 Å². The van der Waals surface area contributed by atoms with E-state index in [-0.39, 0.29) is 11.6 Å². The molecule has 4 heteroatoms. The predicted molar refractivity (Wildman–Crippen MR) is 81.3 cm³/mol. The largest absolute Gasteiger partial charge is 0.465 e. The van der Waals surface area contributed by atoms with Crippen molar-refractivity contribution in [2.75, 3.05) is 13.6 Å². The number of amides is 1. The maximum Gasteiger partial charge on any atom is 0.408 e. The van der Waals surface area contributed by atoms with Gasteiger partial charge < -0.3 is 5.11 Å². The van der Waals surface area contributed by atoms with Crippen molar-refractivity contribution in [2.45, 2.75) is 18.0 Å². The molecule has 1 amide bonds. The summed E-state index contributed by atoms with van der Waals surface area (Å²) in [4.78, 5) is 13.0. The third-order valence-electron chi connectivity index (χ3n) is 5.18. The molecule has 1 saturated heterocycles. The highest BCUT2D eigenvalue weighted by molar-refractivity contribution is 5.83. The van der Waals surface area contributed by atoms with Gasteiger partial charge in [-0.1, -0.05) is 42.5 Å². The van der Waals surface area contributed by atoms with E-state index in [9.17, 15) is 9.90 Å². The smallest absolute Gasteiger partial charge is 0.408 e. The Morgan fingerprint density at radius 1 is 1.29 bits per heavy atom. The highest BCUT2D eigenvalue weighted by Crippen LogP contribution is 2.62. The van der Waals surface area contributed by atoms with Gasteiger partial charge >= 0.3 is 6.09 Å². The number of rotatable bonds is 2. The highest BCUT2D eigenvalue weighted by Gasteiger charge is 2.67. The SMILES string of the molecule is CNC1N(C(=O)O)CC2CC21c1ccc2ccccc2c1. The minimum atomic E-state index is -0.832. The van der Waals surface area contributed by atoms with Crippen LogP contribution in [0.1, 0.15) is 12.0 Å². The molecule has 1 aliphatic carbocycles. The lowest BCUT2D eigenvalue weighted by Crippen LogP contribution is -2.49. The predicted octanol–water partition coefficient (Wildman–Crippen LogP) is 2.64. The molecule has 108 valence electrons. The van der Waals surface area contributed by atoms with Crippen molar-refractivity contribution in [1.29, 1.82) is 0 Å². The van der Waals surface area contributed by atoms with Crippen LogP contribution in [0.5, 0.6) is 0 Å². The molecule has 3 unspecified atom stereocenters. The molecule has 4 rings (SSSR count). The summed E-state index contributed by atoms with van der Waals surface area (Å²) in [6, 6.07) is 14.8. The minimum Gasteiger partial charge on any atom is -0.465 e. The van der Waals surface area contributed by atoms with Crippen molar-refractivity contribution < 1.29 is 9.90 Å². The van der Waals surface area contributed by atoms with Gasteiger partial charge in [-0.2, -0.15) is 0 Å². The van der Waals surface area contributed by atoms with Crippen LogP contribution in [0, 0.1) is 5.92 Å². The van der Waals surface area contributed by atoms with Gasteiger partial charge in [-0.05, 0) is 35.7 Å². The van der Waals surface area contributed by atoms with Gasteiger partial charge in [0.25, 0.3) is 0 Å². The number of hydrogen-bond acceptors (Lipinski definition) is 2. The number of carboxylic acid groups (broad SMARTS) is 1. The van der Waals surface area contributed by atoms with Gasteiger partial charge in [0.1, 0.15) is 0 Å². The Balaban J connectivity index is 1.79. The zero-order valence-electron chi connectivity index (χ0n) is 11.9. The first kappa shape index (κ1) is 12.7. The number of likely N-dealkylation sites (N-methyl/N-ethyl adjacent to an activating group) is 1. The van der Waals surface area contributed by atoms with Crippen molar-refractivity contribution in [2.24, 2.45) is 5.92 Å². The first-order valence-electron chi connectivity index (χ1n) is 7.33. The quantitative estimate of drug-likeness (QED) is 0.890. The van der Waals surface area contributed by atoms with Gasteiger partial charge in [-0.3, -0.25) is 10.2 Å². The van der Waals surface area contributed by atoms with Gasteiger partial charge in [0.2, 0.25) is 0 Å². The van der Waals surface area contributed by atoms with Crippen molar-refractivity contribution >= 4 is 16.9 Å². The molecule has 1 aliphatic heterocycles. The maximum atomic E-state index is 11.4. The Morgan fingerprint density at radius 3 is 2.76 bits per heavy atom. The summed E-state index contributed by atoms with van der Waals surface area (Å²) < 4.78 is 0. The number of likely N-dealkylation sites (tertiary alicyclic amines) is 1. The van der Waals surface area contributed by atoms with E-state index < -0.39 is 6.09 Å². The normalized spacial score (nSPS) is 30.4. The summed E-state index contributed by atoms with van der Waals surface area (Å²) in [5.41, 5.74) is 1.21. The Morgan fingerprint density at radius 2 is 2.05 bits per heavy atom. The van der Waals surface area contributed by atoms with Gasteiger partial charge in [0, 0.05) is 12.0 Å². The summed E-state index contributed by atoms with van der Waals surface area (Å²) in [5.74, 6) is 0.437. The first-order valence-corrected chi connectivity index (χ1v) is 7.33. The minimum absolute atomic E-state index is 0.0445. The van der Waals surface area contributed by atoms with Crippen molar-refractivity contribution in [1.82, 2.24) is 10.2 Å². The molecule has 0 spiro atoms. The molecule has 3 atom stereocenters. The summed E-state index contributed by atoms with van der Waals surface area (Å²) >= 11 is 0. The lowest BCUT2D eigenvalue weighted by atomic mass is 9.90. The van der Waals surface area contributed by atoms with Crippen molar-refractivity contribution in [3.05, 3.63) is 48.0 Å². The Hall–Kier alpha value is -2.07. The highest BCUT2D eigenvalue weighted by atomic mass is 16.4. The van der Waals surface area contributed by atoms with Crippen LogP contribution in [0.2, 0.25) is 0 Å². The van der Waals surface area contributed by atoms with Gasteiger partial charge in [-0.25, -0.2) is 4.79 Å². The second kappa shape index (κ2) is 4.21. The van der Waals surface area contributed by atoms with E-state index in [1.165, 1.54) is 16.3 Å². The van der Waals surface area contributed by atoms with Crippen LogP contribution < -0.4 is 5.32 Å². The Bertz CT molecular complexity index is 730. The molecule has 0 aromatic heterocycles. The van der Waals surface area contributed by atoms with E-state index in [2.05, 4.69) is 35.6 Å². The molecule has 4 nitrogen and oxygen atoms in total. The Kier molecular flexibility index (Phi) is 2.54. The van der Waals surface area contributed by atoms with Crippen LogP contribution >= 0.6 is 0 Å². The second-order valence-corrected chi connectivity index (χ2v) is 6.13.